The Morgan fingerprint density at radius 3 is 2.75 bits per heavy atom. The first-order valence-corrected chi connectivity index (χ1v) is 9.46. The van der Waals surface area contributed by atoms with Gasteiger partial charge in [0.15, 0.2) is 5.96 Å². The topological polar surface area (TPSA) is 59.6 Å². The largest absolute Gasteiger partial charge is 0.377 e. The molecule has 1 aromatic carbocycles. The number of nitrogens with two attached hydrogens (primary N) is 1. The van der Waals surface area contributed by atoms with Crippen molar-refractivity contribution >= 4 is 11.6 Å². The summed E-state index contributed by atoms with van der Waals surface area (Å²) in [6.07, 6.45) is 6.55. The third-order valence-corrected chi connectivity index (χ3v) is 6.63. The number of guanidine groups is 1. The van der Waals surface area contributed by atoms with Gasteiger partial charge in [-0.15, -0.1) is 0 Å². The Kier molecular flexibility index (Phi) is 4.03. The molecule has 1 saturated heterocycles. The van der Waals surface area contributed by atoms with E-state index in [1.807, 2.05) is 0 Å². The summed E-state index contributed by atoms with van der Waals surface area (Å²) in [7, 11) is 0. The normalized spacial score (nSPS) is 31.9. The number of nitrogens with zero attached hydrogens (tertiary/aromatic N) is 1. The second-order valence-electron chi connectivity index (χ2n) is 7.85. The molecule has 4 unspecified atom stereocenters. The molecule has 2 aliphatic carbocycles. The van der Waals surface area contributed by atoms with Crippen molar-refractivity contribution in [3.8, 4) is 0 Å². The number of ether oxygens (including phenoxy) is 1. The van der Waals surface area contributed by atoms with Crippen LogP contribution in [0.2, 0.25) is 0 Å². The Morgan fingerprint density at radius 1 is 1.38 bits per heavy atom. The highest BCUT2D eigenvalue weighted by molar-refractivity contribution is 5.92. The summed E-state index contributed by atoms with van der Waals surface area (Å²) < 4.78 is 5.96. The summed E-state index contributed by atoms with van der Waals surface area (Å²) >= 11 is 0. The molecule has 4 heteroatoms. The molecule has 1 aromatic rings. The van der Waals surface area contributed by atoms with Crippen molar-refractivity contribution in [2.45, 2.75) is 64.0 Å². The molecule has 130 valence electrons. The van der Waals surface area contributed by atoms with Gasteiger partial charge in [-0.3, -0.25) is 0 Å². The monoisotopic (exact) mass is 327 g/mol. The van der Waals surface area contributed by atoms with Crippen molar-refractivity contribution in [1.82, 2.24) is 0 Å². The van der Waals surface area contributed by atoms with Crippen LogP contribution in [0.4, 0.5) is 5.69 Å². The van der Waals surface area contributed by atoms with Crippen LogP contribution in [-0.4, -0.2) is 24.7 Å². The number of hydrogen-bond donors (Lipinski definition) is 2. The minimum atomic E-state index is 0.299. The SMILES string of the molecule is CCC(C)c1ccc(NC(N)=NC2C3CCOC3C23CCC3)cc1. The molecule has 0 bridgehead atoms. The maximum Gasteiger partial charge on any atom is 0.193 e. The number of fused-ring (bicyclic) bond motifs is 2. The third-order valence-electron chi connectivity index (χ3n) is 6.63. The Balaban J connectivity index is 1.44. The lowest BCUT2D eigenvalue weighted by Gasteiger charge is -2.61. The van der Waals surface area contributed by atoms with Crippen LogP contribution in [0.15, 0.2) is 29.3 Å². The van der Waals surface area contributed by atoms with Crippen LogP contribution in [0, 0.1) is 11.3 Å². The van der Waals surface area contributed by atoms with Crippen LogP contribution >= 0.6 is 0 Å². The first-order chi connectivity index (χ1) is 11.6. The second-order valence-corrected chi connectivity index (χ2v) is 7.85. The van der Waals surface area contributed by atoms with E-state index in [9.17, 15) is 0 Å². The predicted octanol–water partition coefficient (Wildman–Crippen LogP) is 3.88. The van der Waals surface area contributed by atoms with Crippen LogP contribution in [0.1, 0.15) is 57.4 Å². The van der Waals surface area contributed by atoms with Crippen molar-refractivity contribution in [2.75, 3.05) is 11.9 Å². The van der Waals surface area contributed by atoms with Crippen molar-refractivity contribution in [2.24, 2.45) is 22.1 Å². The van der Waals surface area contributed by atoms with Gasteiger partial charge in [-0.05, 0) is 49.3 Å². The number of anilines is 1. The molecule has 24 heavy (non-hydrogen) atoms. The molecule has 1 aliphatic heterocycles. The fraction of sp³-hybridized carbons (Fsp3) is 0.650. The summed E-state index contributed by atoms with van der Waals surface area (Å²) in [5.41, 5.74) is 8.91. The van der Waals surface area contributed by atoms with E-state index >= 15 is 0 Å². The molecule has 0 radical (unpaired) electrons. The molecular formula is C20H29N3O. The summed E-state index contributed by atoms with van der Waals surface area (Å²) in [5.74, 6) is 1.73. The maximum absolute atomic E-state index is 6.22. The molecule has 3 aliphatic rings. The molecule has 4 atom stereocenters. The maximum atomic E-state index is 6.22. The highest BCUT2D eigenvalue weighted by Crippen LogP contribution is 2.64. The third kappa shape index (κ3) is 2.43. The van der Waals surface area contributed by atoms with Gasteiger partial charge in [-0.2, -0.15) is 0 Å². The van der Waals surface area contributed by atoms with Crippen molar-refractivity contribution in [1.29, 1.82) is 0 Å². The summed E-state index contributed by atoms with van der Waals surface area (Å²) in [6, 6.07) is 8.92. The Hall–Kier alpha value is -1.55. The van der Waals surface area contributed by atoms with Gasteiger partial charge in [0.1, 0.15) is 0 Å². The fourth-order valence-corrected chi connectivity index (χ4v) is 4.85. The minimum absolute atomic E-state index is 0.299. The lowest BCUT2D eigenvalue weighted by atomic mass is 9.46. The van der Waals surface area contributed by atoms with Crippen LogP contribution in [0.3, 0.4) is 0 Å². The number of benzene rings is 1. The first kappa shape index (κ1) is 15.9. The minimum Gasteiger partial charge on any atom is -0.377 e. The first-order valence-electron chi connectivity index (χ1n) is 9.46. The van der Waals surface area contributed by atoms with Crippen LogP contribution in [0.25, 0.3) is 0 Å². The van der Waals surface area contributed by atoms with E-state index in [0.29, 0.717) is 35.4 Å². The number of hydrogen-bond acceptors (Lipinski definition) is 2. The van der Waals surface area contributed by atoms with Crippen molar-refractivity contribution < 1.29 is 4.74 Å². The van der Waals surface area contributed by atoms with Crippen LogP contribution in [-0.2, 0) is 4.74 Å². The highest BCUT2D eigenvalue weighted by atomic mass is 16.5. The zero-order valence-electron chi connectivity index (χ0n) is 14.8. The smallest absolute Gasteiger partial charge is 0.193 e. The van der Waals surface area contributed by atoms with Crippen LogP contribution in [0.5, 0.6) is 0 Å². The molecule has 3 N–H and O–H groups in total. The lowest BCUT2D eigenvalue weighted by molar-refractivity contribution is -0.164. The average molecular weight is 327 g/mol. The lowest BCUT2D eigenvalue weighted by Crippen LogP contribution is -2.65. The summed E-state index contributed by atoms with van der Waals surface area (Å²) in [5, 5.41) is 3.28. The van der Waals surface area contributed by atoms with Gasteiger partial charge >= 0.3 is 0 Å². The molecule has 1 heterocycles. The van der Waals surface area contributed by atoms with Crippen molar-refractivity contribution in [3.63, 3.8) is 0 Å². The van der Waals surface area contributed by atoms with E-state index in [0.717, 1.165) is 25.1 Å². The Labute approximate surface area is 144 Å². The van der Waals surface area contributed by atoms with E-state index in [4.69, 9.17) is 15.5 Å². The number of rotatable bonds is 4. The Bertz CT molecular complexity index is 620. The molecule has 2 saturated carbocycles. The molecule has 1 spiro atoms. The molecule has 3 fully saturated rings. The second kappa shape index (κ2) is 6.07. The van der Waals surface area contributed by atoms with Gasteiger partial charge < -0.3 is 15.8 Å². The van der Waals surface area contributed by atoms with Gasteiger partial charge in [0.05, 0.1) is 12.1 Å². The number of nitrogens with one attached hydrogen (secondary N) is 1. The standard InChI is InChI=1S/C20H29N3O/c1-3-13(2)14-5-7-15(8-6-14)22-19(21)23-17-16-9-12-24-18(16)20(17)10-4-11-20/h5-8,13,16-18H,3-4,9-12H2,1-2H3,(H3,21,22,23). The average Bonchev–Trinajstić information content (AvgIpc) is 2.96. The number of aliphatic imine (C=N–C) groups is 1. The van der Waals surface area contributed by atoms with E-state index in [1.54, 1.807) is 0 Å². The van der Waals surface area contributed by atoms with Gasteiger partial charge in [0.2, 0.25) is 0 Å². The van der Waals surface area contributed by atoms with Gasteiger partial charge in [-0.25, -0.2) is 4.99 Å². The van der Waals surface area contributed by atoms with Crippen LogP contribution < -0.4 is 11.1 Å². The summed E-state index contributed by atoms with van der Waals surface area (Å²) in [6.45, 7) is 5.37. The van der Waals surface area contributed by atoms with E-state index in [-0.39, 0.29) is 0 Å². The molecular weight excluding hydrogens is 298 g/mol. The van der Waals surface area contributed by atoms with Crippen molar-refractivity contribution in [3.05, 3.63) is 29.8 Å². The molecule has 4 rings (SSSR count). The summed E-state index contributed by atoms with van der Waals surface area (Å²) in [4.78, 5) is 4.87. The predicted molar refractivity (Wildman–Crippen MR) is 98.3 cm³/mol. The van der Waals surface area contributed by atoms with E-state index < -0.39 is 0 Å². The van der Waals surface area contributed by atoms with E-state index in [1.165, 1.54) is 24.8 Å². The quantitative estimate of drug-likeness (QED) is 0.651. The van der Waals surface area contributed by atoms with Gasteiger partial charge in [0, 0.05) is 23.6 Å². The highest BCUT2D eigenvalue weighted by Gasteiger charge is 2.66. The molecule has 4 nitrogen and oxygen atoms in total. The van der Waals surface area contributed by atoms with Gasteiger partial charge in [-0.1, -0.05) is 32.4 Å². The molecule has 0 amide bonds. The fourth-order valence-electron chi connectivity index (χ4n) is 4.85. The Morgan fingerprint density at radius 2 is 2.12 bits per heavy atom. The molecule has 0 aromatic heterocycles. The zero-order chi connectivity index (χ0) is 16.7. The van der Waals surface area contributed by atoms with Gasteiger partial charge in [0.25, 0.3) is 0 Å². The zero-order valence-corrected chi connectivity index (χ0v) is 14.8. The van der Waals surface area contributed by atoms with E-state index in [2.05, 4.69) is 43.4 Å².